The van der Waals surface area contributed by atoms with Gasteiger partial charge in [-0.2, -0.15) is 0 Å². The van der Waals surface area contributed by atoms with E-state index < -0.39 is 5.91 Å². The topological polar surface area (TPSA) is 80.9 Å². The first-order valence-electron chi connectivity index (χ1n) is 4.80. The lowest BCUT2D eigenvalue weighted by Crippen LogP contribution is -2.16. The molecule has 0 aliphatic rings. The summed E-state index contributed by atoms with van der Waals surface area (Å²) in [4.78, 5) is 18.9. The Kier molecular flexibility index (Phi) is 2.95. The molecular weight excluding hydrogens is 223 g/mol. The zero-order valence-corrected chi connectivity index (χ0v) is 8.72. The van der Waals surface area contributed by atoms with Gasteiger partial charge in [-0.15, -0.1) is 0 Å². The van der Waals surface area contributed by atoms with Crippen molar-refractivity contribution in [2.45, 2.75) is 0 Å². The van der Waals surface area contributed by atoms with Gasteiger partial charge in [0.1, 0.15) is 5.82 Å². The van der Waals surface area contributed by atoms with Gasteiger partial charge >= 0.3 is 0 Å². The van der Waals surface area contributed by atoms with Crippen LogP contribution in [0, 0.1) is 5.82 Å². The smallest absolute Gasteiger partial charge is 0.271 e. The molecule has 0 aliphatic carbocycles. The third kappa shape index (κ3) is 2.54. The first-order valence-corrected chi connectivity index (χ1v) is 4.80. The molecule has 1 aromatic heterocycles. The number of carbonyl (C=O) groups excluding carboxylic acids is 1. The summed E-state index contributed by atoms with van der Waals surface area (Å²) in [7, 11) is 0. The second kappa shape index (κ2) is 4.56. The van der Waals surface area contributed by atoms with E-state index in [0.29, 0.717) is 5.69 Å². The summed E-state index contributed by atoms with van der Waals surface area (Å²) in [6, 6.07) is 5.63. The zero-order valence-electron chi connectivity index (χ0n) is 8.72. The maximum atomic E-state index is 12.7. The number of aromatic nitrogens is 2. The van der Waals surface area contributed by atoms with Crippen LogP contribution in [0.3, 0.4) is 0 Å². The lowest BCUT2D eigenvalue weighted by molar-refractivity contribution is 0.0996. The van der Waals surface area contributed by atoms with Crippen molar-refractivity contribution in [3.05, 3.63) is 48.2 Å². The second-order valence-electron chi connectivity index (χ2n) is 3.25. The van der Waals surface area contributed by atoms with Crippen molar-refractivity contribution in [3.63, 3.8) is 0 Å². The van der Waals surface area contributed by atoms with E-state index in [0.717, 1.165) is 0 Å². The normalized spacial score (nSPS) is 9.94. The summed E-state index contributed by atoms with van der Waals surface area (Å²) in [5, 5.41) is 2.84. The van der Waals surface area contributed by atoms with E-state index in [4.69, 9.17) is 5.73 Å². The number of nitrogens with one attached hydrogen (secondary N) is 1. The van der Waals surface area contributed by atoms with Gasteiger partial charge < -0.3 is 11.1 Å². The number of nitrogens with two attached hydrogens (primary N) is 1. The number of nitrogens with zero attached hydrogens (tertiary/aromatic N) is 2. The van der Waals surface area contributed by atoms with E-state index in [9.17, 15) is 9.18 Å². The first kappa shape index (κ1) is 11.0. The number of hydrogen-bond donors (Lipinski definition) is 2. The average molecular weight is 232 g/mol. The molecule has 86 valence electrons. The third-order valence-corrected chi connectivity index (χ3v) is 2.04. The molecule has 2 aromatic rings. The molecule has 6 heteroatoms. The van der Waals surface area contributed by atoms with Gasteiger partial charge in [0.25, 0.3) is 5.91 Å². The molecule has 0 saturated heterocycles. The quantitative estimate of drug-likeness (QED) is 0.839. The van der Waals surface area contributed by atoms with Crippen LogP contribution in [-0.4, -0.2) is 15.9 Å². The minimum Gasteiger partial charge on any atom is -0.364 e. The van der Waals surface area contributed by atoms with E-state index in [-0.39, 0.29) is 17.3 Å². The van der Waals surface area contributed by atoms with Gasteiger partial charge in [0, 0.05) is 18.1 Å². The standard InChI is InChI=1S/C11H9FN4O/c12-7-1-3-8(4-2-7)16-11-9(10(13)17)14-5-6-15-11/h1-6H,(H2,13,17)(H,15,16). The van der Waals surface area contributed by atoms with Crippen molar-refractivity contribution < 1.29 is 9.18 Å². The fraction of sp³-hybridized carbons (Fsp3) is 0. The lowest BCUT2D eigenvalue weighted by atomic mass is 10.3. The molecule has 3 N–H and O–H groups in total. The van der Waals surface area contributed by atoms with E-state index in [1.165, 1.54) is 36.7 Å². The van der Waals surface area contributed by atoms with Crippen LogP contribution in [0.2, 0.25) is 0 Å². The third-order valence-electron chi connectivity index (χ3n) is 2.04. The van der Waals surface area contributed by atoms with E-state index >= 15 is 0 Å². The SMILES string of the molecule is NC(=O)c1nccnc1Nc1ccc(F)cc1. The molecule has 1 amide bonds. The van der Waals surface area contributed by atoms with Crippen molar-refractivity contribution in [3.8, 4) is 0 Å². The van der Waals surface area contributed by atoms with Gasteiger partial charge in [0.15, 0.2) is 11.5 Å². The molecule has 5 nitrogen and oxygen atoms in total. The molecule has 0 bridgehead atoms. The van der Waals surface area contributed by atoms with Crippen LogP contribution in [0.15, 0.2) is 36.7 Å². The van der Waals surface area contributed by atoms with Crippen LogP contribution in [0.5, 0.6) is 0 Å². The van der Waals surface area contributed by atoms with Crippen LogP contribution in [0.4, 0.5) is 15.9 Å². The van der Waals surface area contributed by atoms with Crippen LogP contribution >= 0.6 is 0 Å². The summed E-state index contributed by atoms with van der Waals surface area (Å²) in [6.07, 6.45) is 2.80. The lowest BCUT2D eigenvalue weighted by Gasteiger charge is -2.07. The molecule has 0 saturated carbocycles. The number of rotatable bonds is 3. The fourth-order valence-electron chi connectivity index (χ4n) is 1.28. The first-order chi connectivity index (χ1) is 8.16. The van der Waals surface area contributed by atoms with E-state index in [1.54, 1.807) is 0 Å². The van der Waals surface area contributed by atoms with Gasteiger partial charge in [-0.25, -0.2) is 14.4 Å². The van der Waals surface area contributed by atoms with Gasteiger partial charge in [-0.3, -0.25) is 4.79 Å². The predicted octanol–water partition coefficient (Wildman–Crippen LogP) is 1.46. The highest BCUT2D eigenvalue weighted by Gasteiger charge is 2.10. The Balaban J connectivity index is 2.30. The van der Waals surface area contributed by atoms with Crippen molar-refractivity contribution in [2.24, 2.45) is 5.73 Å². The van der Waals surface area contributed by atoms with Crippen LogP contribution < -0.4 is 11.1 Å². The minimum absolute atomic E-state index is 0.0387. The molecule has 1 heterocycles. The number of primary amides is 1. The van der Waals surface area contributed by atoms with E-state index in [2.05, 4.69) is 15.3 Å². The largest absolute Gasteiger partial charge is 0.364 e. The Hall–Kier alpha value is -2.50. The molecule has 17 heavy (non-hydrogen) atoms. The summed E-state index contributed by atoms with van der Waals surface area (Å²) in [6.45, 7) is 0. The van der Waals surface area contributed by atoms with Crippen LogP contribution in [0.25, 0.3) is 0 Å². The molecule has 1 aromatic carbocycles. The summed E-state index contributed by atoms with van der Waals surface area (Å²) in [5.41, 5.74) is 5.78. The van der Waals surface area contributed by atoms with Crippen molar-refractivity contribution in [1.29, 1.82) is 0 Å². The molecule has 0 aliphatic heterocycles. The van der Waals surface area contributed by atoms with Crippen molar-refractivity contribution in [1.82, 2.24) is 9.97 Å². The van der Waals surface area contributed by atoms with Crippen LogP contribution in [0.1, 0.15) is 10.5 Å². The predicted molar refractivity (Wildman–Crippen MR) is 60.2 cm³/mol. The second-order valence-corrected chi connectivity index (χ2v) is 3.25. The molecule has 0 atom stereocenters. The number of hydrogen-bond acceptors (Lipinski definition) is 4. The summed E-state index contributed by atoms with van der Waals surface area (Å²) in [5.74, 6) is -0.779. The molecular formula is C11H9FN4O. The Bertz CT molecular complexity index is 541. The zero-order chi connectivity index (χ0) is 12.3. The number of carbonyl (C=O) groups is 1. The Morgan fingerprint density at radius 3 is 2.47 bits per heavy atom. The fourth-order valence-corrected chi connectivity index (χ4v) is 1.28. The van der Waals surface area contributed by atoms with Crippen molar-refractivity contribution >= 4 is 17.4 Å². The van der Waals surface area contributed by atoms with Gasteiger partial charge in [0.2, 0.25) is 0 Å². The average Bonchev–Trinajstić information content (AvgIpc) is 2.32. The Labute approximate surface area is 96.5 Å². The highest BCUT2D eigenvalue weighted by molar-refractivity contribution is 5.96. The molecule has 0 fully saturated rings. The van der Waals surface area contributed by atoms with Crippen molar-refractivity contribution in [2.75, 3.05) is 5.32 Å². The number of amides is 1. The van der Waals surface area contributed by atoms with Gasteiger partial charge in [-0.05, 0) is 24.3 Å². The molecule has 0 unspecified atom stereocenters. The molecule has 0 radical (unpaired) electrons. The van der Waals surface area contributed by atoms with Crippen LogP contribution in [-0.2, 0) is 0 Å². The Morgan fingerprint density at radius 1 is 1.18 bits per heavy atom. The summed E-state index contributed by atoms with van der Waals surface area (Å²) >= 11 is 0. The number of halogens is 1. The highest BCUT2D eigenvalue weighted by atomic mass is 19.1. The Morgan fingerprint density at radius 2 is 1.82 bits per heavy atom. The monoisotopic (exact) mass is 232 g/mol. The highest BCUT2D eigenvalue weighted by Crippen LogP contribution is 2.16. The summed E-state index contributed by atoms with van der Waals surface area (Å²) < 4.78 is 12.7. The molecule has 2 rings (SSSR count). The molecule has 0 spiro atoms. The van der Waals surface area contributed by atoms with Gasteiger partial charge in [0.05, 0.1) is 0 Å². The maximum absolute atomic E-state index is 12.7. The van der Waals surface area contributed by atoms with E-state index in [1.807, 2.05) is 0 Å². The number of anilines is 2. The number of benzene rings is 1. The minimum atomic E-state index is -0.678. The van der Waals surface area contributed by atoms with Gasteiger partial charge in [-0.1, -0.05) is 0 Å². The maximum Gasteiger partial charge on any atom is 0.271 e.